The second-order valence-corrected chi connectivity index (χ2v) is 6.67. The molecule has 1 aromatic carbocycles. The Labute approximate surface area is 145 Å². The van der Waals surface area contributed by atoms with Crippen molar-refractivity contribution in [3.8, 4) is 5.75 Å². The van der Waals surface area contributed by atoms with Crippen LogP contribution in [0.1, 0.15) is 29.3 Å². The molecule has 2 aliphatic rings. The van der Waals surface area contributed by atoms with Crippen LogP contribution < -0.4 is 4.74 Å². The van der Waals surface area contributed by atoms with E-state index in [0.29, 0.717) is 24.8 Å². The van der Waals surface area contributed by atoms with Crippen molar-refractivity contribution in [2.24, 2.45) is 0 Å². The van der Waals surface area contributed by atoms with Gasteiger partial charge in [-0.05, 0) is 38.3 Å². The standard InChI is InChI=1S/C18H21N3O4/c1-11-3-5-15-13(7-11)4-6-16(24-15)18(22)21-8-14(9-21)23-10-17-19-12(2)20-25-17/h3,5,7,14,16H,4,6,8-10H2,1-2H3. The zero-order chi connectivity index (χ0) is 17.4. The van der Waals surface area contributed by atoms with Gasteiger partial charge in [0.05, 0.1) is 6.10 Å². The van der Waals surface area contributed by atoms with Crippen LogP contribution in [0.4, 0.5) is 0 Å². The molecule has 7 heteroatoms. The summed E-state index contributed by atoms with van der Waals surface area (Å²) in [5, 5.41) is 3.72. The maximum atomic E-state index is 12.6. The number of ether oxygens (including phenoxy) is 2. The molecule has 2 aliphatic heterocycles. The Morgan fingerprint density at radius 1 is 1.36 bits per heavy atom. The first-order valence-corrected chi connectivity index (χ1v) is 8.54. The van der Waals surface area contributed by atoms with Gasteiger partial charge in [-0.1, -0.05) is 22.9 Å². The predicted octanol–water partition coefficient (Wildman–Crippen LogP) is 1.81. The first-order valence-electron chi connectivity index (χ1n) is 8.54. The summed E-state index contributed by atoms with van der Waals surface area (Å²) in [6, 6.07) is 6.10. The lowest BCUT2D eigenvalue weighted by atomic mass is 9.99. The number of benzene rings is 1. The first kappa shape index (κ1) is 16.1. The SMILES string of the molecule is Cc1ccc2c(c1)CCC(C(=O)N1CC(OCc3nc(C)no3)C1)O2. The van der Waals surface area contributed by atoms with E-state index in [1.54, 1.807) is 11.8 Å². The number of hydrogen-bond acceptors (Lipinski definition) is 6. The second kappa shape index (κ2) is 6.48. The van der Waals surface area contributed by atoms with Gasteiger partial charge in [0.15, 0.2) is 11.9 Å². The molecule has 1 fully saturated rings. The highest BCUT2D eigenvalue weighted by atomic mass is 16.5. The Hall–Kier alpha value is -2.41. The average Bonchev–Trinajstić information content (AvgIpc) is 2.98. The summed E-state index contributed by atoms with van der Waals surface area (Å²) in [5.74, 6) is 1.92. The molecule has 0 spiro atoms. The first-order chi connectivity index (χ1) is 12.1. The van der Waals surface area contributed by atoms with E-state index in [4.69, 9.17) is 14.0 Å². The van der Waals surface area contributed by atoms with Crippen molar-refractivity contribution in [3.05, 3.63) is 41.0 Å². The molecule has 2 aromatic rings. The van der Waals surface area contributed by atoms with Crippen LogP contribution in [0.5, 0.6) is 5.75 Å². The Morgan fingerprint density at radius 2 is 2.20 bits per heavy atom. The molecular formula is C18H21N3O4. The maximum absolute atomic E-state index is 12.6. The Bertz CT molecular complexity index is 782. The predicted molar refractivity (Wildman–Crippen MR) is 88.1 cm³/mol. The second-order valence-electron chi connectivity index (χ2n) is 6.67. The average molecular weight is 343 g/mol. The monoisotopic (exact) mass is 343 g/mol. The van der Waals surface area contributed by atoms with Crippen LogP contribution in [0, 0.1) is 13.8 Å². The molecule has 1 atom stereocenters. The lowest BCUT2D eigenvalue weighted by molar-refractivity contribution is -0.154. The van der Waals surface area contributed by atoms with Crippen molar-refractivity contribution < 1.29 is 18.8 Å². The lowest BCUT2D eigenvalue weighted by Gasteiger charge is -2.41. The number of hydrogen-bond donors (Lipinski definition) is 0. The van der Waals surface area contributed by atoms with Crippen LogP contribution in [0.2, 0.25) is 0 Å². The highest BCUT2D eigenvalue weighted by molar-refractivity contribution is 5.82. The van der Waals surface area contributed by atoms with E-state index in [2.05, 4.69) is 23.1 Å². The van der Waals surface area contributed by atoms with E-state index in [1.165, 1.54) is 11.1 Å². The quantitative estimate of drug-likeness (QED) is 0.842. The summed E-state index contributed by atoms with van der Waals surface area (Å²) in [6.45, 7) is 5.26. The van der Waals surface area contributed by atoms with Crippen molar-refractivity contribution >= 4 is 5.91 Å². The number of nitrogens with zero attached hydrogens (tertiary/aromatic N) is 3. The van der Waals surface area contributed by atoms with Crippen LogP contribution in [-0.2, 0) is 22.6 Å². The minimum Gasteiger partial charge on any atom is -0.480 e. The third-order valence-electron chi connectivity index (χ3n) is 4.61. The van der Waals surface area contributed by atoms with Crippen LogP contribution in [0.3, 0.4) is 0 Å². The van der Waals surface area contributed by atoms with E-state index in [0.717, 1.165) is 18.6 Å². The molecule has 0 radical (unpaired) electrons. The molecule has 25 heavy (non-hydrogen) atoms. The zero-order valence-electron chi connectivity index (χ0n) is 14.4. The molecule has 1 saturated heterocycles. The number of rotatable bonds is 4. The van der Waals surface area contributed by atoms with Gasteiger partial charge in [-0.15, -0.1) is 0 Å². The summed E-state index contributed by atoms with van der Waals surface area (Å²) >= 11 is 0. The number of fused-ring (bicyclic) bond motifs is 1. The van der Waals surface area contributed by atoms with Crippen LogP contribution in [0.15, 0.2) is 22.7 Å². The Balaban J connectivity index is 1.26. The van der Waals surface area contributed by atoms with E-state index in [-0.39, 0.29) is 18.6 Å². The largest absolute Gasteiger partial charge is 0.480 e. The summed E-state index contributed by atoms with van der Waals surface area (Å²) in [6.07, 6.45) is 1.21. The number of carbonyl (C=O) groups is 1. The van der Waals surface area contributed by atoms with Crippen molar-refractivity contribution in [2.75, 3.05) is 13.1 Å². The molecule has 132 valence electrons. The van der Waals surface area contributed by atoms with Gasteiger partial charge >= 0.3 is 0 Å². The van der Waals surface area contributed by atoms with E-state index in [1.807, 2.05) is 12.1 Å². The molecule has 1 unspecified atom stereocenters. The number of aryl methyl sites for hydroxylation is 3. The van der Waals surface area contributed by atoms with Gasteiger partial charge in [0.25, 0.3) is 11.8 Å². The molecule has 4 rings (SSSR count). The summed E-state index contributed by atoms with van der Waals surface area (Å²) in [5.41, 5.74) is 2.40. The van der Waals surface area contributed by atoms with Crippen molar-refractivity contribution in [1.82, 2.24) is 15.0 Å². The molecule has 0 aliphatic carbocycles. The fraction of sp³-hybridized carbons (Fsp3) is 0.500. The summed E-state index contributed by atoms with van der Waals surface area (Å²) in [4.78, 5) is 18.5. The normalized spacial score (nSPS) is 19.9. The molecule has 0 saturated carbocycles. The smallest absolute Gasteiger partial charge is 0.263 e. The van der Waals surface area contributed by atoms with E-state index >= 15 is 0 Å². The third kappa shape index (κ3) is 3.37. The zero-order valence-corrected chi connectivity index (χ0v) is 14.4. The van der Waals surface area contributed by atoms with E-state index < -0.39 is 6.10 Å². The molecule has 1 amide bonds. The van der Waals surface area contributed by atoms with E-state index in [9.17, 15) is 4.79 Å². The summed E-state index contributed by atoms with van der Waals surface area (Å²) in [7, 11) is 0. The van der Waals surface area contributed by atoms with Crippen molar-refractivity contribution in [3.63, 3.8) is 0 Å². The fourth-order valence-corrected chi connectivity index (χ4v) is 3.21. The number of carbonyl (C=O) groups excluding carboxylic acids is 1. The molecule has 0 bridgehead atoms. The van der Waals surface area contributed by atoms with Gasteiger partial charge in [0.1, 0.15) is 12.4 Å². The number of likely N-dealkylation sites (tertiary alicyclic amines) is 1. The topological polar surface area (TPSA) is 77.7 Å². The van der Waals surface area contributed by atoms with Gasteiger partial charge in [-0.25, -0.2) is 0 Å². The van der Waals surface area contributed by atoms with Crippen molar-refractivity contribution in [2.45, 2.75) is 45.5 Å². The Morgan fingerprint density at radius 3 is 2.96 bits per heavy atom. The van der Waals surface area contributed by atoms with Gasteiger partial charge in [0.2, 0.25) is 0 Å². The minimum absolute atomic E-state index is 0.00897. The maximum Gasteiger partial charge on any atom is 0.263 e. The van der Waals surface area contributed by atoms with Crippen molar-refractivity contribution in [1.29, 1.82) is 0 Å². The highest BCUT2D eigenvalue weighted by Gasteiger charge is 2.37. The highest BCUT2D eigenvalue weighted by Crippen LogP contribution is 2.30. The Kier molecular flexibility index (Phi) is 4.17. The molecular weight excluding hydrogens is 322 g/mol. The van der Waals surface area contributed by atoms with Crippen LogP contribution >= 0.6 is 0 Å². The lowest BCUT2D eigenvalue weighted by Crippen LogP contribution is -2.58. The number of aromatic nitrogens is 2. The van der Waals surface area contributed by atoms with Gasteiger partial charge in [0, 0.05) is 13.1 Å². The number of amides is 1. The minimum atomic E-state index is -0.394. The summed E-state index contributed by atoms with van der Waals surface area (Å²) < 4.78 is 16.6. The molecule has 3 heterocycles. The van der Waals surface area contributed by atoms with Gasteiger partial charge in [-0.2, -0.15) is 4.98 Å². The molecule has 0 N–H and O–H groups in total. The van der Waals surface area contributed by atoms with Crippen LogP contribution in [0.25, 0.3) is 0 Å². The molecule has 7 nitrogen and oxygen atoms in total. The third-order valence-corrected chi connectivity index (χ3v) is 4.61. The molecule has 1 aromatic heterocycles. The fourth-order valence-electron chi connectivity index (χ4n) is 3.21. The van der Waals surface area contributed by atoms with Crippen LogP contribution in [-0.4, -0.2) is 46.2 Å². The van der Waals surface area contributed by atoms with Gasteiger partial charge in [-0.3, -0.25) is 4.79 Å². The van der Waals surface area contributed by atoms with Gasteiger partial charge < -0.3 is 18.9 Å².